The molecular formula is C11H20O2. The largest absolute Gasteiger partial charge is 0.396 e. The van der Waals surface area contributed by atoms with Gasteiger partial charge in [-0.05, 0) is 42.4 Å². The fourth-order valence-corrected chi connectivity index (χ4v) is 3.86. The Balaban J connectivity index is 2.08. The van der Waals surface area contributed by atoms with E-state index in [1.807, 2.05) is 0 Å². The molecule has 2 saturated carbocycles. The summed E-state index contributed by atoms with van der Waals surface area (Å²) in [5.74, 6) is 3.12. The van der Waals surface area contributed by atoms with Crippen molar-refractivity contribution in [3.05, 3.63) is 0 Å². The summed E-state index contributed by atoms with van der Waals surface area (Å²) in [6.45, 7) is 2.88. The maximum Gasteiger partial charge on any atom is 0.0464 e. The molecule has 13 heavy (non-hydrogen) atoms. The van der Waals surface area contributed by atoms with Crippen LogP contribution >= 0.6 is 0 Å². The van der Waals surface area contributed by atoms with Crippen LogP contribution in [0.3, 0.4) is 0 Å². The second kappa shape index (κ2) is 3.58. The van der Waals surface area contributed by atoms with Gasteiger partial charge in [-0.15, -0.1) is 0 Å². The van der Waals surface area contributed by atoms with E-state index in [9.17, 15) is 10.2 Å². The molecule has 2 fully saturated rings. The Morgan fingerprint density at radius 2 is 1.85 bits per heavy atom. The zero-order valence-corrected chi connectivity index (χ0v) is 8.32. The predicted molar refractivity (Wildman–Crippen MR) is 51.1 cm³/mol. The van der Waals surface area contributed by atoms with Gasteiger partial charge in [0.2, 0.25) is 0 Å². The van der Waals surface area contributed by atoms with Crippen LogP contribution in [0.2, 0.25) is 0 Å². The lowest BCUT2D eigenvalue weighted by atomic mass is 9.73. The molecule has 0 aromatic heterocycles. The van der Waals surface area contributed by atoms with Gasteiger partial charge in [-0.2, -0.15) is 0 Å². The zero-order valence-electron chi connectivity index (χ0n) is 8.32. The van der Waals surface area contributed by atoms with E-state index in [0.717, 1.165) is 11.8 Å². The first-order valence-electron chi connectivity index (χ1n) is 5.53. The summed E-state index contributed by atoms with van der Waals surface area (Å²) in [4.78, 5) is 0. The molecule has 0 aromatic rings. The van der Waals surface area contributed by atoms with Crippen LogP contribution in [0.5, 0.6) is 0 Å². The second-order valence-electron chi connectivity index (χ2n) is 4.76. The van der Waals surface area contributed by atoms with Crippen molar-refractivity contribution in [2.75, 3.05) is 13.2 Å². The topological polar surface area (TPSA) is 40.5 Å². The standard InChI is InChI=1S/C11H20O2/c1-2-9-7-3-8(5-12)10(4-7)11(9)6-13/h7-13H,2-6H2,1H3. The van der Waals surface area contributed by atoms with Crippen LogP contribution < -0.4 is 0 Å². The van der Waals surface area contributed by atoms with Gasteiger partial charge in [0.25, 0.3) is 0 Å². The molecule has 0 spiro atoms. The monoisotopic (exact) mass is 184 g/mol. The summed E-state index contributed by atoms with van der Waals surface area (Å²) in [7, 11) is 0. The Morgan fingerprint density at radius 3 is 2.38 bits per heavy atom. The van der Waals surface area contributed by atoms with Gasteiger partial charge in [0.1, 0.15) is 0 Å². The van der Waals surface area contributed by atoms with E-state index >= 15 is 0 Å². The molecule has 5 unspecified atom stereocenters. The maximum atomic E-state index is 9.32. The predicted octanol–water partition coefficient (Wildman–Crippen LogP) is 1.27. The second-order valence-corrected chi connectivity index (χ2v) is 4.76. The first kappa shape index (κ1) is 9.47. The van der Waals surface area contributed by atoms with Crippen LogP contribution in [0, 0.1) is 29.6 Å². The van der Waals surface area contributed by atoms with Crippen molar-refractivity contribution in [2.24, 2.45) is 29.6 Å². The van der Waals surface area contributed by atoms with Crippen LogP contribution in [-0.4, -0.2) is 23.4 Å². The normalized spacial score (nSPS) is 48.7. The van der Waals surface area contributed by atoms with Gasteiger partial charge in [0, 0.05) is 13.2 Å². The minimum atomic E-state index is 0.327. The van der Waals surface area contributed by atoms with E-state index in [4.69, 9.17) is 0 Å². The molecule has 2 bridgehead atoms. The molecule has 2 aliphatic carbocycles. The zero-order chi connectivity index (χ0) is 9.42. The molecule has 2 N–H and O–H groups in total. The van der Waals surface area contributed by atoms with Crippen molar-refractivity contribution in [3.63, 3.8) is 0 Å². The highest BCUT2D eigenvalue weighted by molar-refractivity contribution is 4.99. The summed E-state index contributed by atoms with van der Waals surface area (Å²) >= 11 is 0. The molecule has 0 saturated heterocycles. The van der Waals surface area contributed by atoms with Crippen molar-refractivity contribution in [3.8, 4) is 0 Å². The van der Waals surface area contributed by atoms with Gasteiger partial charge in [-0.1, -0.05) is 13.3 Å². The molecule has 2 aliphatic rings. The molecule has 0 aromatic carbocycles. The highest BCUT2D eigenvalue weighted by atomic mass is 16.3. The number of aliphatic hydroxyl groups is 2. The summed E-state index contributed by atoms with van der Waals surface area (Å²) < 4.78 is 0. The van der Waals surface area contributed by atoms with E-state index in [0.29, 0.717) is 31.0 Å². The Labute approximate surface area is 80.0 Å². The van der Waals surface area contributed by atoms with Crippen LogP contribution in [0.1, 0.15) is 26.2 Å². The minimum Gasteiger partial charge on any atom is -0.396 e. The fraction of sp³-hybridized carbons (Fsp3) is 1.00. The lowest BCUT2D eigenvalue weighted by molar-refractivity contribution is 0.0631. The summed E-state index contributed by atoms with van der Waals surface area (Å²) in [6.07, 6.45) is 3.66. The van der Waals surface area contributed by atoms with Gasteiger partial charge in [0.05, 0.1) is 0 Å². The SMILES string of the molecule is CCC1C2CC(CO)C(C2)C1CO. The van der Waals surface area contributed by atoms with Gasteiger partial charge < -0.3 is 10.2 Å². The van der Waals surface area contributed by atoms with Gasteiger partial charge >= 0.3 is 0 Å². The highest BCUT2D eigenvalue weighted by Crippen LogP contribution is 2.55. The molecular weight excluding hydrogens is 164 g/mol. The first-order valence-corrected chi connectivity index (χ1v) is 5.53. The quantitative estimate of drug-likeness (QED) is 0.693. The van der Waals surface area contributed by atoms with E-state index < -0.39 is 0 Å². The van der Waals surface area contributed by atoms with Crippen LogP contribution in [-0.2, 0) is 0 Å². The Hall–Kier alpha value is -0.0800. The molecule has 0 radical (unpaired) electrons. The van der Waals surface area contributed by atoms with Crippen LogP contribution in [0.25, 0.3) is 0 Å². The number of rotatable bonds is 3. The third kappa shape index (κ3) is 1.31. The number of hydrogen-bond acceptors (Lipinski definition) is 2. The number of aliphatic hydroxyl groups excluding tert-OH is 2. The Bertz CT molecular complexity index is 181. The van der Waals surface area contributed by atoms with Crippen molar-refractivity contribution in [1.82, 2.24) is 0 Å². The van der Waals surface area contributed by atoms with Gasteiger partial charge in [-0.3, -0.25) is 0 Å². The van der Waals surface area contributed by atoms with E-state index in [1.165, 1.54) is 19.3 Å². The molecule has 0 heterocycles. The molecule has 5 atom stereocenters. The molecule has 0 aliphatic heterocycles. The van der Waals surface area contributed by atoms with Crippen LogP contribution in [0.15, 0.2) is 0 Å². The van der Waals surface area contributed by atoms with E-state index in [1.54, 1.807) is 0 Å². The summed E-state index contributed by atoms with van der Waals surface area (Å²) in [5.41, 5.74) is 0. The molecule has 0 amide bonds. The third-order valence-corrected chi connectivity index (χ3v) is 4.41. The lowest BCUT2D eigenvalue weighted by Crippen LogP contribution is -2.31. The molecule has 2 heteroatoms. The van der Waals surface area contributed by atoms with Crippen LogP contribution in [0.4, 0.5) is 0 Å². The van der Waals surface area contributed by atoms with Crippen molar-refractivity contribution in [2.45, 2.75) is 26.2 Å². The Morgan fingerprint density at radius 1 is 1.08 bits per heavy atom. The number of hydrogen-bond donors (Lipinski definition) is 2. The summed E-state index contributed by atoms with van der Waals surface area (Å²) in [6, 6.07) is 0. The van der Waals surface area contributed by atoms with E-state index in [2.05, 4.69) is 6.92 Å². The molecule has 76 valence electrons. The number of fused-ring (bicyclic) bond motifs is 2. The smallest absolute Gasteiger partial charge is 0.0464 e. The van der Waals surface area contributed by atoms with Gasteiger partial charge in [-0.25, -0.2) is 0 Å². The van der Waals surface area contributed by atoms with Crippen molar-refractivity contribution < 1.29 is 10.2 Å². The first-order chi connectivity index (χ1) is 6.31. The summed E-state index contributed by atoms with van der Waals surface area (Å²) in [5, 5.41) is 18.5. The average molecular weight is 184 g/mol. The third-order valence-electron chi connectivity index (χ3n) is 4.41. The van der Waals surface area contributed by atoms with Crippen molar-refractivity contribution in [1.29, 1.82) is 0 Å². The maximum absolute atomic E-state index is 9.32. The minimum absolute atomic E-state index is 0.327. The molecule has 2 nitrogen and oxygen atoms in total. The Kier molecular flexibility index (Phi) is 2.61. The lowest BCUT2D eigenvalue weighted by Gasteiger charge is -2.33. The molecule has 2 rings (SSSR count). The average Bonchev–Trinajstić information content (AvgIpc) is 2.72. The fourth-order valence-electron chi connectivity index (χ4n) is 3.86. The van der Waals surface area contributed by atoms with Crippen molar-refractivity contribution >= 4 is 0 Å². The van der Waals surface area contributed by atoms with E-state index in [-0.39, 0.29) is 0 Å². The highest BCUT2D eigenvalue weighted by Gasteiger charge is 2.50. The van der Waals surface area contributed by atoms with Gasteiger partial charge in [0.15, 0.2) is 0 Å².